The van der Waals surface area contributed by atoms with Crippen molar-refractivity contribution in [1.82, 2.24) is 24.3 Å². The van der Waals surface area contributed by atoms with Gasteiger partial charge in [0.2, 0.25) is 18.1 Å². The first-order chi connectivity index (χ1) is 12.1. The number of hydrogen-bond donors (Lipinski definition) is 1. The van der Waals surface area contributed by atoms with Crippen molar-refractivity contribution in [1.29, 1.82) is 0 Å². The van der Waals surface area contributed by atoms with Crippen LogP contribution in [-0.2, 0) is 6.54 Å². The van der Waals surface area contributed by atoms with Gasteiger partial charge < -0.3 is 15.5 Å². The van der Waals surface area contributed by atoms with Crippen LogP contribution < -0.4 is 10.5 Å². The van der Waals surface area contributed by atoms with Gasteiger partial charge in [-0.3, -0.25) is 0 Å². The smallest absolute Gasteiger partial charge is 0.235 e. The summed E-state index contributed by atoms with van der Waals surface area (Å²) in [6.07, 6.45) is 4.41. The average molecular weight is 335 g/mol. The van der Waals surface area contributed by atoms with Gasteiger partial charge in [-0.05, 0) is 25.0 Å². The van der Waals surface area contributed by atoms with Crippen LogP contribution in [0.1, 0.15) is 12.5 Å². The molecule has 0 amide bonds. The Labute approximate surface area is 143 Å². The molecule has 8 heteroatoms. The quantitative estimate of drug-likeness (QED) is 0.454. The zero-order chi connectivity index (χ0) is 17.6. The lowest BCUT2D eigenvalue weighted by molar-refractivity contribution is -0.603. The molecule has 2 N–H and O–H groups in total. The third kappa shape index (κ3) is 2.30. The van der Waals surface area contributed by atoms with Crippen molar-refractivity contribution in [2.45, 2.75) is 20.4 Å². The van der Waals surface area contributed by atoms with Crippen LogP contribution in [0, 0.1) is 12.1 Å². The Balaban J connectivity index is 2.10. The highest BCUT2D eigenvalue weighted by Crippen LogP contribution is 2.31. The number of hydrogen-bond acceptors (Lipinski definition) is 5. The van der Waals surface area contributed by atoms with Crippen LogP contribution in [0.4, 0.5) is 5.95 Å². The highest BCUT2D eigenvalue weighted by atomic mass is 16.5. The Bertz CT molecular complexity index is 1080. The number of fused-ring (bicyclic) bond motifs is 1. The molecule has 0 atom stereocenters. The minimum atomic E-state index is 0.248. The summed E-state index contributed by atoms with van der Waals surface area (Å²) in [4.78, 5) is 8.55. The van der Waals surface area contributed by atoms with Gasteiger partial charge in [-0.1, -0.05) is 24.3 Å². The Morgan fingerprint density at radius 2 is 2.00 bits per heavy atom. The lowest BCUT2D eigenvalue weighted by atomic mass is 10.0. The summed E-state index contributed by atoms with van der Waals surface area (Å²) in [7, 11) is 0. The van der Waals surface area contributed by atoms with E-state index in [1.165, 1.54) is 17.2 Å². The fourth-order valence-electron chi connectivity index (χ4n) is 3.12. The summed E-state index contributed by atoms with van der Waals surface area (Å²) in [5.41, 5.74) is 10.2. The van der Waals surface area contributed by atoms with Crippen molar-refractivity contribution < 1.29 is 4.73 Å². The molecular weight excluding hydrogens is 318 g/mol. The third-order valence-corrected chi connectivity index (χ3v) is 4.25. The number of rotatable bonds is 3. The fraction of sp³-hybridized carbons (Fsp3) is 0.176. The average Bonchev–Trinajstić information content (AvgIpc) is 3.17. The van der Waals surface area contributed by atoms with Crippen LogP contribution >= 0.6 is 0 Å². The van der Waals surface area contributed by atoms with E-state index in [2.05, 4.69) is 15.1 Å². The second-order valence-corrected chi connectivity index (χ2v) is 5.77. The van der Waals surface area contributed by atoms with Gasteiger partial charge in [0, 0.05) is 6.54 Å². The predicted octanol–water partition coefficient (Wildman–Crippen LogP) is 1.83. The van der Waals surface area contributed by atoms with E-state index < -0.39 is 0 Å². The van der Waals surface area contributed by atoms with Crippen molar-refractivity contribution in [3.8, 4) is 17.1 Å². The summed E-state index contributed by atoms with van der Waals surface area (Å²) >= 11 is 0. The molecule has 0 aliphatic rings. The molecule has 0 bridgehead atoms. The van der Waals surface area contributed by atoms with E-state index in [0.717, 1.165) is 26.9 Å². The maximum atomic E-state index is 12.2. The zero-order valence-electron chi connectivity index (χ0n) is 13.9. The molecule has 4 aromatic rings. The monoisotopic (exact) mass is 335 g/mol. The SMILES string of the molecule is CCn1c(-n2ncnc2N)nc2c[n+]([O-])cc(-c3ccccc3C)c21. The number of nitrogen functional groups attached to an aromatic ring is 1. The van der Waals surface area contributed by atoms with Crippen molar-refractivity contribution in [3.63, 3.8) is 0 Å². The molecule has 126 valence electrons. The molecular formula is C17H17N7O. The van der Waals surface area contributed by atoms with Gasteiger partial charge in [0.1, 0.15) is 6.33 Å². The molecule has 0 saturated heterocycles. The summed E-state index contributed by atoms with van der Waals surface area (Å²) in [5.74, 6) is 0.783. The predicted molar refractivity (Wildman–Crippen MR) is 93.9 cm³/mol. The maximum absolute atomic E-state index is 12.2. The Morgan fingerprint density at radius 3 is 2.68 bits per heavy atom. The zero-order valence-corrected chi connectivity index (χ0v) is 13.9. The second-order valence-electron chi connectivity index (χ2n) is 5.77. The number of aryl methyl sites for hydroxylation is 2. The molecule has 3 heterocycles. The summed E-state index contributed by atoms with van der Waals surface area (Å²) in [5, 5.41) is 16.3. The van der Waals surface area contributed by atoms with E-state index >= 15 is 0 Å². The fourth-order valence-corrected chi connectivity index (χ4v) is 3.12. The molecule has 0 aliphatic carbocycles. The number of nitrogens with two attached hydrogens (primary N) is 1. The normalized spacial score (nSPS) is 11.3. The van der Waals surface area contributed by atoms with Gasteiger partial charge in [-0.25, -0.2) is 4.98 Å². The van der Waals surface area contributed by atoms with Crippen molar-refractivity contribution in [2.75, 3.05) is 5.73 Å². The van der Waals surface area contributed by atoms with Crippen LogP contribution in [0.5, 0.6) is 0 Å². The number of imidazole rings is 1. The van der Waals surface area contributed by atoms with Crippen molar-refractivity contribution >= 4 is 17.0 Å². The van der Waals surface area contributed by atoms with E-state index in [-0.39, 0.29) is 5.95 Å². The van der Waals surface area contributed by atoms with Crippen LogP contribution in [0.2, 0.25) is 0 Å². The van der Waals surface area contributed by atoms with Crippen LogP contribution in [0.25, 0.3) is 28.1 Å². The van der Waals surface area contributed by atoms with Crippen LogP contribution in [0.3, 0.4) is 0 Å². The van der Waals surface area contributed by atoms with Crippen molar-refractivity contribution in [3.05, 3.63) is 53.8 Å². The highest BCUT2D eigenvalue weighted by molar-refractivity contribution is 5.92. The molecule has 0 radical (unpaired) electrons. The lowest BCUT2D eigenvalue weighted by Crippen LogP contribution is -2.25. The van der Waals surface area contributed by atoms with Gasteiger partial charge in [0.05, 0.1) is 11.1 Å². The number of pyridine rings is 1. The van der Waals surface area contributed by atoms with E-state index in [1.54, 1.807) is 6.20 Å². The summed E-state index contributed by atoms with van der Waals surface area (Å²) in [6, 6.07) is 7.95. The first-order valence-electron chi connectivity index (χ1n) is 7.95. The van der Waals surface area contributed by atoms with Gasteiger partial charge in [0.15, 0.2) is 11.7 Å². The minimum Gasteiger partial charge on any atom is -0.619 e. The minimum absolute atomic E-state index is 0.248. The molecule has 25 heavy (non-hydrogen) atoms. The van der Waals surface area contributed by atoms with E-state index in [9.17, 15) is 5.21 Å². The summed E-state index contributed by atoms with van der Waals surface area (Å²) < 4.78 is 4.24. The van der Waals surface area contributed by atoms with Crippen LogP contribution in [-0.4, -0.2) is 24.3 Å². The standard InChI is InChI=1S/C17H17N7O/c1-3-23-15-13(12-7-5-4-6-11(12)2)8-22(25)9-14(15)21-17(23)24-16(18)19-10-20-24/h4-10H,3H2,1-2H3,(H2,18,19,20). The number of anilines is 1. The highest BCUT2D eigenvalue weighted by Gasteiger charge is 2.21. The van der Waals surface area contributed by atoms with Gasteiger partial charge in [-0.2, -0.15) is 19.5 Å². The van der Waals surface area contributed by atoms with Gasteiger partial charge in [0.25, 0.3) is 0 Å². The molecule has 3 aromatic heterocycles. The molecule has 0 spiro atoms. The van der Waals surface area contributed by atoms with Crippen molar-refractivity contribution in [2.24, 2.45) is 0 Å². The van der Waals surface area contributed by atoms with Gasteiger partial charge >= 0.3 is 0 Å². The van der Waals surface area contributed by atoms with E-state index in [1.807, 2.05) is 42.7 Å². The molecule has 0 fully saturated rings. The lowest BCUT2D eigenvalue weighted by Gasteiger charge is -2.11. The molecule has 0 saturated carbocycles. The number of nitrogens with zero attached hydrogens (tertiary/aromatic N) is 6. The molecule has 0 aliphatic heterocycles. The Hall–Kier alpha value is -3.42. The molecule has 1 aromatic carbocycles. The van der Waals surface area contributed by atoms with Crippen LogP contribution in [0.15, 0.2) is 43.0 Å². The summed E-state index contributed by atoms with van der Waals surface area (Å²) in [6.45, 7) is 4.68. The topological polar surface area (TPSA) is 101 Å². The Kier molecular flexibility index (Phi) is 3.38. The third-order valence-electron chi connectivity index (χ3n) is 4.25. The second kappa shape index (κ2) is 5.59. The molecule has 4 rings (SSSR count). The largest absolute Gasteiger partial charge is 0.619 e. The first-order valence-corrected chi connectivity index (χ1v) is 7.95. The van der Waals surface area contributed by atoms with E-state index in [4.69, 9.17) is 5.73 Å². The molecule has 8 nitrogen and oxygen atoms in total. The number of aromatic nitrogens is 6. The maximum Gasteiger partial charge on any atom is 0.235 e. The van der Waals surface area contributed by atoms with Gasteiger partial charge in [-0.15, -0.1) is 0 Å². The first kappa shape index (κ1) is 15.1. The number of benzene rings is 1. The van der Waals surface area contributed by atoms with E-state index in [0.29, 0.717) is 18.0 Å². The molecule has 0 unspecified atom stereocenters. The Morgan fingerprint density at radius 1 is 1.20 bits per heavy atom.